The smallest absolute Gasteiger partial charge is 0.362 e. The minimum absolute atomic E-state index is 0.0285. The van der Waals surface area contributed by atoms with Gasteiger partial charge in [-0.25, -0.2) is 9.78 Å². The fourth-order valence-corrected chi connectivity index (χ4v) is 1.62. The number of hydrogen-bond donors (Lipinski definition) is 1. The van der Waals surface area contributed by atoms with E-state index in [4.69, 9.17) is 15.3 Å². The van der Waals surface area contributed by atoms with Crippen molar-refractivity contribution >= 4 is 44.1 Å². The van der Waals surface area contributed by atoms with Crippen LogP contribution < -0.4 is 5.73 Å². The molecule has 2 N–H and O–H groups in total. The van der Waals surface area contributed by atoms with E-state index < -0.39 is 5.97 Å². The van der Waals surface area contributed by atoms with Crippen molar-refractivity contribution in [2.75, 3.05) is 24.3 Å². The van der Waals surface area contributed by atoms with Crippen LogP contribution in [0.25, 0.3) is 0 Å². The third-order valence-corrected chi connectivity index (χ3v) is 2.56. The summed E-state index contributed by atoms with van der Waals surface area (Å²) in [7, 11) is 0. The molecule has 0 unspecified atom stereocenters. The molecule has 0 saturated heterocycles. The molecule has 0 atom stereocenters. The number of hydrogen-bond acceptors (Lipinski definition) is 7. The lowest BCUT2D eigenvalue weighted by Gasteiger charge is -2.03. The molecule has 1 rings (SSSR count). The van der Waals surface area contributed by atoms with Crippen LogP contribution >= 0.6 is 27.3 Å². The van der Waals surface area contributed by atoms with Crippen LogP contribution in [-0.4, -0.2) is 35.2 Å². The molecule has 0 aliphatic heterocycles. The molecule has 0 bridgehead atoms. The zero-order valence-corrected chi connectivity index (χ0v) is 11.6. The minimum Gasteiger partial charge on any atom is -0.461 e. The number of nitrogens with zero attached hydrogens (tertiary/aromatic N) is 2. The number of rotatable bonds is 6. The van der Waals surface area contributed by atoms with E-state index in [9.17, 15) is 4.79 Å². The number of ether oxygens (including phenoxy) is 1. The third kappa shape index (κ3) is 4.31. The molecule has 1 aromatic rings. The van der Waals surface area contributed by atoms with E-state index in [2.05, 4.69) is 26.1 Å². The first-order valence-electron chi connectivity index (χ1n) is 4.83. The van der Waals surface area contributed by atoms with Crippen LogP contribution in [0.3, 0.4) is 0 Å². The third-order valence-electron chi connectivity index (χ3n) is 1.56. The van der Waals surface area contributed by atoms with E-state index in [-0.39, 0.29) is 12.3 Å². The number of nitrogen functional groups attached to an aromatic ring is 1. The first-order chi connectivity index (χ1) is 8.19. The molecular weight excluding hydrogens is 310 g/mol. The Morgan fingerprint density at radius 1 is 1.71 bits per heavy atom. The van der Waals surface area contributed by atoms with Gasteiger partial charge in [0, 0.05) is 10.7 Å². The van der Waals surface area contributed by atoms with Gasteiger partial charge in [-0.15, -0.1) is 11.3 Å². The molecule has 0 aliphatic carbocycles. The summed E-state index contributed by atoms with van der Waals surface area (Å²) in [5.74, 6) is -0.577. The standard InChI is InChI=1S/C9H12BrN3O3S/c1-2-15-8(14)7(13-16-4-3-10)6-5-17-9(11)12-6/h5H,2-4H2,1H3,(H2,11,12). The molecule has 0 fully saturated rings. The van der Waals surface area contributed by atoms with Gasteiger partial charge in [-0.05, 0) is 6.92 Å². The summed E-state index contributed by atoms with van der Waals surface area (Å²) in [6.45, 7) is 2.32. The van der Waals surface area contributed by atoms with Crippen molar-refractivity contribution in [3.8, 4) is 0 Å². The molecule has 0 saturated carbocycles. The fraction of sp³-hybridized carbons (Fsp3) is 0.444. The first-order valence-corrected chi connectivity index (χ1v) is 6.83. The number of carbonyl (C=O) groups excluding carboxylic acids is 1. The molecule has 8 heteroatoms. The van der Waals surface area contributed by atoms with E-state index in [1.54, 1.807) is 12.3 Å². The highest BCUT2D eigenvalue weighted by molar-refractivity contribution is 9.09. The van der Waals surface area contributed by atoms with Gasteiger partial charge < -0.3 is 15.3 Å². The quantitative estimate of drug-likeness (QED) is 0.281. The molecule has 94 valence electrons. The number of carbonyl (C=O) groups is 1. The summed E-state index contributed by atoms with van der Waals surface area (Å²) in [6, 6.07) is 0. The van der Waals surface area contributed by atoms with Crippen LogP contribution in [0.1, 0.15) is 12.6 Å². The van der Waals surface area contributed by atoms with Crippen molar-refractivity contribution in [2.45, 2.75) is 6.92 Å². The number of alkyl halides is 1. The van der Waals surface area contributed by atoms with Gasteiger partial charge in [0.1, 0.15) is 12.3 Å². The van der Waals surface area contributed by atoms with Gasteiger partial charge in [0.2, 0.25) is 5.71 Å². The molecular formula is C9H12BrN3O3S. The second kappa shape index (κ2) is 7.23. The van der Waals surface area contributed by atoms with E-state index in [1.807, 2.05) is 0 Å². The van der Waals surface area contributed by atoms with Crippen molar-refractivity contribution in [3.63, 3.8) is 0 Å². The first kappa shape index (κ1) is 13.9. The van der Waals surface area contributed by atoms with Crippen molar-refractivity contribution in [2.24, 2.45) is 5.16 Å². The Morgan fingerprint density at radius 3 is 3.00 bits per heavy atom. The highest BCUT2D eigenvalue weighted by Gasteiger charge is 2.19. The number of esters is 1. The molecule has 0 amide bonds. The van der Waals surface area contributed by atoms with Crippen molar-refractivity contribution < 1.29 is 14.4 Å². The fourth-order valence-electron chi connectivity index (χ4n) is 0.929. The maximum absolute atomic E-state index is 11.6. The van der Waals surface area contributed by atoms with Crippen LogP contribution in [-0.2, 0) is 14.4 Å². The zero-order valence-electron chi connectivity index (χ0n) is 9.18. The van der Waals surface area contributed by atoms with Gasteiger partial charge in [0.15, 0.2) is 5.13 Å². The summed E-state index contributed by atoms with van der Waals surface area (Å²) in [5, 5.41) is 6.32. The number of halogens is 1. The lowest BCUT2D eigenvalue weighted by Crippen LogP contribution is -2.20. The summed E-state index contributed by atoms with van der Waals surface area (Å²) in [5.41, 5.74) is 5.89. The van der Waals surface area contributed by atoms with Gasteiger partial charge in [0.05, 0.1) is 6.61 Å². The van der Waals surface area contributed by atoms with E-state index in [1.165, 1.54) is 11.3 Å². The highest BCUT2D eigenvalue weighted by Crippen LogP contribution is 2.13. The summed E-state index contributed by atoms with van der Waals surface area (Å²) >= 11 is 4.40. The predicted octanol–water partition coefficient (Wildman–Crippen LogP) is 1.40. The number of oxime groups is 1. The lowest BCUT2D eigenvalue weighted by atomic mass is 10.3. The lowest BCUT2D eigenvalue weighted by molar-refractivity contribution is -0.135. The molecule has 6 nitrogen and oxygen atoms in total. The Labute approximate surface area is 111 Å². The SMILES string of the molecule is CCOC(=O)C(=NOCCBr)c1csc(N)n1. The van der Waals surface area contributed by atoms with Gasteiger partial charge in [-0.1, -0.05) is 21.1 Å². The normalized spacial score (nSPS) is 11.3. The second-order valence-corrected chi connectivity index (χ2v) is 4.44. The van der Waals surface area contributed by atoms with Gasteiger partial charge in [-0.2, -0.15) is 0 Å². The molecule has 0 aliphatic rings. The number of nitrogens with two attached hydrogens (primary N) is 1. The largest absolute Gasteiger partial charge is 0.461 e. The monoisotopic (exact) mass is 321 g/mol. The Kier molecular flexibility index (Phi) is 5.92. The topological polar surface area (TPSA) is 86.8 Å². The Balaban J connectivity index is 2.86. The van der Waals surface area contributed by atoms with E-state index in [0.29, 0.717) is 22.8 Å². The van der Waals surface area contributed by atoms with Gasteiger partial charge in [0.25, 0.3) is 0 Å². The molecule has 0 radical (unpaired) electrons. The Hall–Kier alpha value is -1.15. The molecule has 17 heavy (non-hydrogen) atoms. The molecule has 0 spiro atoms. The average Bonchev–Trinajstić information content (AvgIpc) is 2.71. The maximum Gasteiger partial charge on any atom is 0.362 e. The van der Waals surface area contributed by atoms with Crippen molar-refractivity contribution in [1.82, 2.24) is 4.98 Å². The summed E-state index contributed by atoms with van der Waals surface area (Å²) < 4.78 is 4.86. The second-order valence-electron chi connectivity index (χ2n) is 2.75. The maximum atomic E-state index is 11.6. The Bertz CT molecular complexity index is 408. The molecule has 1 aromatic heterocycles. The average molecular weight is 322 g/mol. The summed E-state index contributed by atoms with van der Waals surface area (Å²) in [6.07, 6.45) is 0. The van der Waals surface area contributed by atoms with Crippen LogP contribution in [0.4, 0.5) is 5.13 Å². The van der Waals surface area contributed by atoms with Gasteiger partial charge >= 0.3 is 5.97 Å². The number of anilines is 1. The van der Waals surface area contributed by atoms with E-state index >= 15 is 0 Å². The van der Waals surface area contributed by atoms with Crippen molar-refractivity contribution in [3.05, 3.63) is 11.1 Å². The van der Waals surface area contributed by atoms with E-state index in [0.717, 1.165) is 0 Å². The number of thiazole rings is 1. The molecule has 0 aromatic carbocycles. The van der Waals surface area contributed by atoms with Crippen LogP contribution in [0.2, 0.25) is 0 Å². The zero-order chi connectivity index (χ0) is 12.7. The highest BCUT2D eigenvalue weighted by atomic mass is 79.9. The van der Waals surface area contributed by atoms with Crippen LogP contribution in [0.15, 0.2) is 10.5 Å². The van der Waals surface area contributed by atoms with Crippen molar-refractivity contribution in [1.29, 1.82) is 0 Å². The Morgan fingerprint density at radius 2 is 2.47 bits per heavy atom. The predicted molar refractivity (Wildman–Crippen MR) is 69.4 cm³/mol. The number of aromatic nitrogens is 1. The summed E-state index contributed by atoms with van der Waals surface area (Å²) in [4.78, 5) is 20.5. The van der Waals surface area contributed by atoms with Crippen LogP contribution in [0.5, 0.6) is 0 Å². The molecule has 1 heterocycles. The van der Waals surface area contributed by atoms with Crippen LogP contribution in [0, 0.1) is 0 Å². The van der Waals surface area contributed by atoms with Gasteiger partial charge in [-0.3, -0.25) is 0 Å². The minimum atomic E-state index is -0.577.